The van der Waals surface area contributed by atoms with Crippen LogP contribution in [0, 0.1) is 0 Å². The quantitative estimate of drug-likeness (QED) is 0.0822. The minimum Gasteiger partial charge on any atom is -0.412 e. The first-order valence-corrected chi connectivity index (χ1v) is 20.6. The van der Waals surface area contributed by atoms with E-state index >= 15 is 4.57 Å². The largest absolute Gasteiger partial charge is 0.462 e. The molecule has 0 saturated heterocycles. The highest BCUT2D eigenvalue weighted by atomic mass is 31.2. The van der Waals surface area contributed by atoms with Gasteiger partial charge >= 0.3 is 7.60 Å². The Morgan fingerprint density at radius 2 is 0.826 bits per heavy atom. The Labute approximate surface area is 271 Å². The molecule has 0 N–H and O–H groups in total. The lowest BCUT2D eigenvalue weighted by molar-refractivity contribution is 0.402. The summed E-state index contributed by atoms with van der Waals surface area (Å²) in [7, 11) is -9.86. The van der Waals surface area contributed by atoms with Gasteiger partial charge in [0.05, 0.1) is 5.30 Å². The lowest BCUT2D eigenvalue weighted by atomic mass is 10.1. The van der Waals surface area contributed by atoms with Gasteiger partial charge in [-0.1, -0.05) is 103 Å². The van der Waals surface area contributed by atoms with Crippen molar-refractivity contribution in [2.24, 2.45) is 0 Å². The Bertz CT molecular complexity index is 1930. The molecule has 0 saturated carbocycles. The molecular formula is C38H37O5P3. The third-order valence-corrected chi connectivity index (χ3v) is 15.5. The maximum absolute atomic E-state index is 15.0. The Balaban J connectivity index is 1.66. The Morgan fingerprint density at radius 1 is 0.457 bits per heavy atom. The number of benzene rings is 5. The van der Waals surface area contributed by atoms with Crippen molar-refractivity contribution in [1.82, 2.24) is 0 Å². The van der Waals surface area contributed by atoms with Crippen LogP contribution in [-0.2, 0) is 13.7 Å². The van der Waals surface area contributed by atoms with Crippen molar-refractivity contribution in [2.75, 3.05) is 24.6 Å². The van der Waals surface area contributed by atoms with Crippen molar-refractivity contribution >= 4 is 59.3 Å². The average Bonchev–Trinajstić information content (AvgIpc) is 3.05. The molecule has 0 unspecified atom stereocenters. The van der Waals surface area contributed by atoms with Gasteiger partial charge in [-0.25, -0.2) is 4.57 Å². The Hall–Kier alpha value is -4.13. The van der Waals surface area contributed by atoms with Crippen molar-refractivity contribution in [2.45, 2.75) is 0 Å². The smallest absolute Gasteiger partial charge is 0.412 e. The molecule has 8 heteroatoms. The van der Waals surface area contributed by atoms with Gasteiger partial charge in [0.25, 0.3) is 0 Å². The van der Waals surface area contributed by atoms with Gasteiger partial charge < -0.3 is 18.2 Å². The van der Waals surface area contributed by atoms with Crippen LogP contribution in [-0.4, -0.2) is 24.6 Å². The second-order valence-electron chi connectivity index (χ2n) is 10.9. The van der Waals surface area contributed by atoms with Crippen LogP contribution >= 0.6 is 21.9 Å². The van der Waals surface area contributed by atoms with E-state index in [9.17, 15) is 9.13 Å². The fourth-order valence-corrected chi connectivity index (χ4v) is 12.1. The van der Waals surface area contributed by atoms with Crippen molar-refractivity contribution in [1.29, 1.82) is 0 Å². The highest BCUT2D eigenvalue weighted by molar-refractivity contribution is 7.72. The highest BCUT2D eigenvalue weighted by Crippen LogP contribution is 2.53. The van der Waals surface area contributed by atoms with E-state index in [-0.39, 0.29) is 0 Å². The second kappa shape index (κ2) is 14.1. The molecule has 0 aliphatic rings. The SMILES string of the molecule is C=CCP(=O)(CC=C)c1cccc2c(OP(=O)(Oc3cccc4c(P(=O)(CC=C)CC=C)cccc34)c3ccccc3)cccc12. The van der Waals surface area contributed by atoms with E-state index in [2.05, 4.69) is 26.3 Å². The van der Waals surface area contributed by atoms with E-state index in [4.69, 9.17) is 9.05 Å². The van der Waals surface area contributed by atoms with Gasteiger partial charge in [0.1, 0.15) is 25.8 Å². The maximum Gasteiger partial charge on any atom is 0.462 e. The van der Waals surface area contributed by atoms with Crippen LogP contribution in [0.15, 0.2) is 154 Å². The summed E-state index contributed by atoms with van der Waals surface area (Å²) in [5, 5.41) is 4.53. The topological polar surface area (TPSA) is 69.7 Å². The van der Waals surface area contributed by atoms with Crippen molar-refractivity contribution < 1.29 is 22.7 Å². The molecule has 5 aromatic carbocycles. The van der Waals surface area contributed by atoms with Crippen LogP contribution in [0.2, 0.25) is 0 Å². The van der Waals surface area contributed by atoms with E-state index in [1.54, 1.807) is 72.8 Å². The van der Waals surface area contributed by atoms with Gasteiger partial charge in [-0.15, -0.1) is 26.3 Å². The van der Waals surface area contributed by atoms with Crippen LogP contribution in [0.25, 0.3) is 21.5 Å². The van der Waals surface area contributed by atoms with Crippen molar-refractivity contribution in [3.63, 3.8) is 0 Å². The van der Waals surface area contributed by atoms with E-state index in [1.165, 1.54) is 0 Å². The molecule has 46 heavy (non-hydrogen) atoms. The predicted molar refractivity (Wildman–Crippen MR) is 198 cm³/mol. The first kappa shape index (κ1) is 33.2. The van der Waals surface area contributed by atoms with Crippen LogP contribution in [0.1, 0.15) is 0 Å². The Morgan fingerprint density at radius 3 is 1.22 bits per heavy atom. The summed E-state index contributed by atoms with van der Waals surface area (Å²) in [5.74, 6) is 0.662. The number of allylic oxidation sites excluding steroid dienone is 4. The van der Waals surface area contributed by atoms with Crippen LogP contribution in [0.5, 0.6) is 11.5 Å². The fraction of sp³-hybridized carbons (Fsp3) is 0.105. The summed E-state index contributed by atoms with van der Waals surface area (Å²) in [6, 6.07) is 30.7. The summed E-state index contributed by atoms with van der Waals surface area (Å²) in [5.41, 5.74) is 0. The molecule has 0 aliphatic heterocycles. The lowest BCUT2D eigenvalue weighted by Gasteiger charge is -2.24. The normalized spacial score (nSPS) is 12.0. The summed E-state index contributed by atoms with van der Waals surface area (Å²) in [6.45, 7) is 15.3. The molecule has 5 aromatic rings. The molecule has 0 amide bonds. The molecule has 0 bridgehead atoms. The number of fused-ring (bicyclic) bond motifs is 2. The summed E-state index contributed by atoms with van der Waals surface area (Å²) in [4.78, 5) is 0. The zero-order chi connectivity index (χ0) is 32.8. The fourth-order valence-electron chi connectivity index (χ4n) is 5.77. The first-order chi connectivity index (χ1) is 22.2. The molecule has 0 aromatic heterocycles. The van der Waals surface area contributed by atoms with Gasteiger partial charge in [-0.05, 0) is 35.0 Å². The second-order valence-corrected chi connectivity index (χ2v) is 18.8. The van der Waals surface area contributed by atoms with Crippen molar-refractivity contribution in [3.8, 4) is 11.5 Å². The number of hydrogen-bond acceptors (Lipinski definition) is 5. The first-order valence-electron chi connectivity index (χ1n) is 14.9. The Kier molecular flexibility index (Phi) is 10.2. The van der Waals surface area contributed by atoms with E-state index in [0.717, 1.165) is 10.8 Å². The molecule has 0 heterocycles. The molecule has 0 atom stereocenters. The van der Waals surface area contributed by atoms with Gasteiger partial charge in [-0.3, -0.25) is 0 Å². The van der Waals surface area contributed by atoms with Crippen molar-refractivity contribution in [3.05, 3.63) is 154 Å². The molecule has 0 aliphatic carbocycles. The minimum atomic E-state index is -4.09. The molecule has 5 rings (SSSR count). The van der Waals surface area contributed by atoms with Gasteiger partial charge in [-0.2, -0.15) is 0 Å². The monoisotopic (exact) mass is 666 g/mol. The van der Waals surface area contributed by atoms with Gasteiger partial charge in [0.2, 0.25) is 0 Å². The molecular weight excluding hydrogens is 629 g/mol. The summed E-state index contributed by atoms with van der Waals surface area (Å²) >= 11 is 0. The lowest BCUT2D eigenvalue weighted by Crippen LogP contribution is -2.16. The zero-order valence-corrected chi connectivity index (χ0v) is 28.3. The van der Waals surface area contributed by atoms with Crippen LogP contribution < -0.4 is 25.0 Å². The third kappa shape index (κ3) is 6.55. The van der Waals surface area contributed by atoms with Gasteiger partial charge in [0.15, 0.2) is 0 Å². The molecule has 5 nitrogen and oxygen atoms in total. The van der Waals surface area contributed by atoms with E-state index < -0.39 is 21.9 Å². The number of hydrogen-bond donors (Lipinski definition) is 0. The van der Waals surface area contributed by atoms with E-state index in [1.807, 2.05) is 54.6 Å². The van der Waals surface area contributed by atoms with E-state index in [0.29, 0.717) is 62.8 Å². The molecule has 0 fully saturated rings. The van der Waals surface area contributed by atoms with Crippen LogP contribution in [0.3, 0.4) is 0 Å². The third-order valence-electron chi connectivity index (χ3n) is 7.80. The minimum absolute atomic E-state index is 0.324. The maximum atomic E-state index is 15.0. The standard InChI is InChI=1S/C38H37O5P3/c1-5-26-44(39,27-6-2)37-24-14-18-31-33(37)20-12-22-35(31)42-46(41,30-16-10-9-11-17-30)43-36-23-13-21-34-32(36)19-15-25-38(34)45(40,28-7-3)29-8-4/h5-25H,1-4,26-29H2. The summed E-state index contributed by atoms with van der Waals surface area (Å²) < 4.78 is 56.1. The zero-order valence-electron chi connectivity index (χ0n) is 25.7. The summed E-state index contributed by atoms with van der Waals surface area (Å²) in [6.07, 6.45) is 7.98. The van der Waals surface area contributed by atoms with Gasteiger partial charge in [0, 0.05) is 46.0 Å². The average molecular weight is 667 g/mol. The molecule has 0 spiro atoms. The molecule has 234 valence electrons. The highest BCUT2D eigenvalue weighted by Gasteiger charge is 2.34. The number of rotatable bonds is 15. The molecule has 0 radical (unpaired) electrons. The van der Waals surface area contributed by atoms with Crippen LogP contribution in [0.4, 0.5) is 0 Å². The predicted octanol–water partition coefficient (Wildman–Crippen LogP) is 9.69.